The first-order chi connectivity index (χ1) is 16.5. The van der Waals surface area contributed by atoms with Gasteiger partial charge in [0.1, 0.15) is 5.82 Å². The number of hydrogen-bond donors (Lipinski definition) is 3. The Labute approximate surface area is 198 Å². The Morgan fingerprint density at radius 1 is 1.12 bits per heavy atom. The normalized spacial score (nSPS) is 16.2. The Morgan fingerprint density at radius 2 is 1.94 bits per heavy atom. The van der Waals surface area contributed by atoms with Gasteiger partial charge in [-0.25, -0.2) is 4.39 Å². The van der Waals surface area contributed by atoms with Crippen molar-refractivity contribution in [2.45, 2.75) is 26.3 Å². The molecular weight excluding hydrogens is 433 g/mol. The van der Waals surface area contributed by atoms with Crippen molar-refractivity contribution in [3.05, 3.63) is 69.3 Å². The van der Waals surface area contributed by atoms with E-state index in [1.165, 1.54) is 6.07 Å². The lowest BCUT2D eigenvalue weighted by Crippen LogP contribution is -2.46. The van der Waals surface area contributed by atoms with E-state index in [2.05, 4.69) is 38.7 Å². The Bertz CT molecular complexity index is 1280. The van der Waals surface area contributed by atoms with Crippen molar-refractivity contribution in [1.82, 2.24) is 15.2 Å². The van der Waals surface area contributed by atoms with E-state index in [9.17, 15) is 14.0 Å². The molecule has 178 valence electrons. The van der Waals surface area contributed by atoms with Gasteiger partial charge in [0.05, 0.1) is 16.9 Å². The van der Waals surface area contributed by atoms with Crippen molar-refractivity contribution in [3.8, 4) is 0 Å². The number of aromatic nitrogens is 1. The molecule has 3 aromatic rings. The molecule has 1 fully saturated rings. The van der Waals surface area contributed by atoms with Crippen LogP contribution in [0, 0.1) is 5.82 Å². The van der Waals surface area contributed by atoms with Gasteiger partial charge in [0.25, 0.3) is 11.5 Å². The Morgan fingerprint density at radius 3 is 2.71 bits per heavy atom. The lowest BCUT2D eigenvalue weighted by molar-refractivity contribution is 0.0955. The van der Waals surface area contributed by atoms with Crippen molar-refractivity contribution in [2.24, 2.45) is 0 Å². The lowest BCUT2D eigenvalue weighted by Gasteiger charge is -2.36. The van der Waals surface area contributed by atoms with Crippen LogP contribution in [-0.2, 0) is 13.0 Å². The quantitative estimate of drug-likeness (QED) is 0.542. The van der Waals surface area contributed by atoms with Gasteiger partial charge in [-0.2, -0.15) is 0 Å². The van der Waals surface area contributed by atoms with Crippen LogP contribution >= 0.6 is 0 Å². The lowest BCUT2D eigenvalue weighted by atomic mass is 10.0. The summed E-state index contributed by atoms with van der Waals surface area (Å²) < 4.78 is 14.7. The van der Waals surface area contributed by atoms with Crippen LogP contribution in [0.2, 0.25) is 0 Å². The van der Waals surface area contributed by atoms with Gasteiger partial charge in [0, 0.05) is 62.3 Å². The predicted octanol–water partition coefficient (Wildman–Crippen LogP) is 3.10. The van der Waals surface area contributed by atoms with Gasteiger partial charge >= 0.3 is 0 Å². The van der Waals surface area contributed by atoms with Gasteiger partial charge in [0.2, 0.25) is 0 Å². The number of fused-ring (bicyclic) bond motifs is 3. The highest BCUT2D eigenvalue weighted by Crippen LogP contribution is 2.28. The van der Waals surface area contributed by atoms with Crippen LogP contribution < -0.4 is 21.1 Å². The zero-order chi connectivity index (χ0) is 23.7. The van der Waals surface area contributed by atoms with E-state index in [0.717, 1.165) is 66.7 Å². The second-order valence-electron chi connectivity index (χ2n) is 9.01. The maximum Gasteiger partial charge on any atom is 0.253 e. The number of anilines is 2. The number of piperazine rings is 1. The molecule has 8 heteroatoms. The molecule has 0 unspecified atom stereocenters. The number of benzene rings is 2. The molecular formula is C26H30FN5O2. The zero-order valence-electron chi connectivity index (χ0n) is 19.4. The van der Waals surface area contributed by atoms with Crippen LogP contribution in [0.15, 0.2) is 41.2 Å². The Hall–Kier alpha value is -3.39. The number of pyridine rings is 1. The van der Waals surface area contributed by atoms with Crippen molar-refractivity contribution in [2.75, 3.05) is 49.5 Å². The summed E-state index contributed by atoms with van der Waals surface area (Å²) in [5, 5.41) is 7.16. The van der Waals surface area contributed by atoms with Crippen molar-refractivity contribution in [3.63, 3.8) is 0 Å². The summed E-state index contributed by atoms with van der Waals surface area (Å²) in [6, 6.07) is 11.0. The van der Waals surface area contributed by atoms with Gasteiger partial charge in [0.15, 0.2) is 0 Å². The molecule has 5 rings (SSSR count). The van der Waals surface area contributed by atoms with Crippen LogP contribution in [0.1, 0.15) is 34.8 Å². The van der Waals surface area contributed by atoms with Gasteiger partial charge in [-0.05, 0) is 49.6 Å². The third-order valence-electron chi connectivity index (χ3n) is 6.75. The summed E-state index contributed by atoms with van der Waals surface area (Å²) in [5.74, 6) is -0.626. The topological polar surface area (TPSA) is 80.5 Å². The van der Waals surface area contributed by atoms with Crippen LogP contribution in [-0.4, -0.2) is 55.1 Å². The molecule has 2 aromatic carbocycles. The first-order valence-corrected chi connectivity index (χ1v) is 12.0. The third-order valence-corrected chi connectivity index (χ3v) is 6.75. The maximum atomic E-state index is 14.7. The molecule has 0 radical (unpaired) electrons. The molecule has 2 aliphatic heterocycles. The molecule has 1 amide bonds. The molecule has 0 spiro atoms. The SMILES string of the molecule is CCNC(=O)c1ccc(N2CCN(Cc3ccc4c5c(c(=O)[nH]c4c3)CCCN5)CC2)c(F)c1. The third kappa shape index (κ3) is 4.37. The van der Waals surface area contributed by atoms with Crippen molar-refractivity contribution >= 4 is 28.2 Å². The number of amides is 1. The summed E-state index contributed by atoms with van der Waals surface area (Å²) in [5.41, 5.74) is 4.72. The highest BCUT2D eigenvalue weighted by molar-refractivity contribution is 5.94. The molecule has 0 saturated carbocycles. The van der Waals surface area contributed by atoms with Gasteiger partial charge < -0.3 is 20.5 Å². The predicted molar refractivity (Wildman–Crippen MR) is 133 cm³/mol. The van der Waals surface area contributed by atoms with Gasteiger partial charge in [-0.15, -0.1) is 0 Å². The molecule has 7 nitrogen and oxygen atoms in total. The number of carbonyl (C=O) groups excluding carboxylic acids is 1. The minimum absolute atomic E-state index is 0.000634. The number of H-pyrrole nitrogens is 1. The van der Waals surface area contributed by atoms with E-state index in [-0.39, 0.29) is 17.3 Å². The fraction of sp³-hybridized carbons (Fsp3) is 0.385. The molecule has 3 heterocycles. The fourth-order valence-electron chi connectivity index (χ4n) is 4.98. The first-order valence-electron chi connectivity index (χ1n) is 12.0. The number of nitrogens with zero attached hydrogens (tertiary/aromatic N) is 2. The highest BCUT2D eigenvalue weighted by atomic mass is 19.1. The number of hydrogen-bond acceptors (Lipinski definition) is 5. The largest absolute Gasteiger partial charge is 0.384 e. The fourth-order valence-corrected chi connectivity index (χ4v) is 4.98. The molecule has 0 atom stereocenters. The Balaban J connectivity index is 1.25. The van der Waals surface area contributed by atoms with Crippen molar-refractivity contribution in [1.29, 1.82) is 0 Å². The summed E-state index contributed by atoms with van der Waals surface area (Å²) >= 11 is 0. The number of aromatic amines is 1. The van der Waals surface area contributed by atoms with Gasteiger partial charge in [-0.1, -0.05) is 12.1 Å². The van der Waals surface area contributed by atoms with E-state index >= 15 is 0 Å². The van der Waals surface area contributed by atoms with E-state index in [4.69, 9.17) is 0 Å². The minimum atomic E-state index is -0.368. The summed E-state index contributed by atoms with van der Waals surface area (Å²) in [6.45, 7) is 7.04. The van der Waals surface area contributed by atoms with Crippen LogP contribution in [0.5, 0.6) is 0 Å². The van der Waals surface area contributed by atoms with Gasteiger partial charge in [-0.3, -0.25) is 14.5 Å². The highest BCUT2D eigenvalue weighted by Gasteiger charge is 2.21. The monoisotopic (exact) mass is 463 g/mol. The molecule has 0 aliphatic carbocycles. The summed E-state index contributed by atoms with van der Waals surface area (Å²) in [7, 11) is 0. The van der Waals surface area contributed by atoms with Crippen molar-refractivity contribution < 1.29 is 9.18 Å². The van der Waals surface area contributed by atoms with E-state index in [1.54, 1.807) is 12.1 Å². The molecule has 1 aromatic heterocycles. The standard InChI is InChI=1S/C26H30FN5O2/c1-2-28-25(33)18-6-8-23(21(27)15-18)32-12-10-31(11-13-32)16-17-5-7-19-22(14-17)30-26(34)20-4-3-9-29-24(19)20/h5-8,14-15,29H,2-4,9-13,16H2,1H3,(H,28,33)(H,30,34). The van der Waals surface area contributed by atoms with E-state index < -0.39 is 0 Å². The molecule has 34 heavy (non-hydrogen) atoms. The van der Waals surface area contributed by atoms with Crippen LogP contribution in [0.25, 0.3) is 10.9 Å². The van der Waals surface area contributed by atoms with E-state index in [1.807, 2.05) is 11.8 Å². The first kappa shape index (κ1) is 22.4. The average molecular weight is 464 g/mol. The molecule has 3 N–H and O–H groups in total. The zero-order valence-corrected chi connectivity index (χ0v) is 19.4. The maximum absolute atomic E-state index is 14.7. The number of nitrogens with one attached hydrogen (secondary N) is 3. The average Bonchev–Trinajstić information content (AvgIpc) is 2.85. The number of carbonyl (C=O) groups is 1. The molecule has 2 aliphatic rings. The van der Waals surface area contributed by atoms with Crippen LogP contribution in [0.4, 0.5) is 15.8 Å². The second kappa shape index (κ2) is 9.46. The second-order valence-corrected chi connectivity index (χ2v) is 9.01. The molecule has 0 bridgehead atoms. The smallest absolute Gasteiger partial charge is 0.253 e. The minimum Gasteiger partial charge on any atom is -0.384 e. The van der Waals surface area contributed by atoms with E-state index in [0.29, 0.717) is 30.9 Å². The molecule has 1 saturated heterocycles. The Kier molecular flexibility index (Phi) is 6.24. The van der Waals surface area contributed by atoms with Crippen LogP contribution in [0.3, 0.4) is 0 Å². The number of halogens is 1. The summed E-state index contributed by atoms with van der Waals surface area (Å²) in [4.78, 5) is 31.9. The number of rotatable bonds is 5. The summed E-state index contributed by atoms with van der Waals surface area (Å²) in [6.07, 6.45) is 1.79.